The van der Waals surface area contributed by atoms with E-state index in [4.69, 9.17) is 0 Å². The summed E-state index contributed by atoms with van der Waals surface area (Å²) in [4.78, 5) is 40.9. The van der Waals surface area contributed by atoms with Crippen LogP contribution >= 0.6 is 0 Å². The van der Waals surface area contributed by atoms with Gasteiger partial charge in [0.15, 0.2) is 6.04 Å². The van der Waals surface area contributed by atoms with Crippen LogP contribution in [0.1, 0.15) is 53.2 Å². The highest BCUT2D eigenvalue weighted by Gasteiger charge is 2.39. The van der Waals surface area contributed by atoms with Gasteiger partial charge in [-0.15, -0.1) is 0 Å². The lowest BCUT2D eigenvalue weighted by Crippen LogP contribution is -2.48. The van der Waals surface area contributed by atoms with Gasteiger partial charge >= 0.3 is 0 Å². The van der Waals surface area contributed by atoms with Crippen LogP contribution in [0.2, 0.25) is 0 Å². The molecule has 1 N–H and O–H groups in total. The summed E-state index contributed by atoms with van der Waals surface area (Å²) in [7, 11) is 0. The standard InChI is InChI=1S/C22H24N6O2/c1-15(2)28-14-26-18-7-10-27(22(30)17-6-4-9-24-13-17)20(19(18)28)21(29)25-12-16-5-3-8-23-11-16/h3-6,8-9,11,13-15,20H,7,10,12H2,1-2H3,(H,25,29)/t20-/m0/s1. The highest BCUT2D eigenvalue weighted by molar-refractivity contribution is 5.98. The molecule has 0 aliphatic carbocycles. The number of aromatic nitrogens is 4. The van der Waals surface area contributed by atoms with Gasteiger partial charge in [0.2, 0.25) is 5.91 Å². The first-order valence-electron chi connectivity index (χ1n) is 9.99. The van der Waals surface area contributed by atoms with E-state index in [9.17, 15) is 9.59 Å². The Labute approximate surface area is 175 Å². The maximum Gasteiger partial charge on any atom is 0.256 e. The molecular weight excluding hydrogens is 380 g/mol. The molecular formula is C22H24N6O2. The van der Waals surface area contributed by atoms with E-state index >= 15 is 0 Å². The fourth-order valence-electron chi connectivity index (χ4n) is 3.74. The first-order valence-corrected chi connectivity index (χ1v) is 9.99. The van der Waals surface area contributed by atoms with Crippen molar-refractivity contribution in [3.05, 3.63) is 77.9 Å². The highest BCUT2D eigenvalue weighted by atomic mass is 16.2. The normalized spacial score (nSPS) is 15.7. The zero-order valence-electron chi connectivity index (χ0n) is 17.0. The summed E-state index contributed by atoms with van der Waals surface area (Å²) in [5.41, 5.74) is 2.99. The fraction of sp³-hybridized carbons (Fsp3) is 0.318. The topological polar surface area (TPSA) is 93.0 Å². The predicted octanol–water partition coefficient (Wildman–Crippen LogP) is 2.31. The largest absolute Gasteiger partial charge is 0.350 e. The second kappa shape index (κ2) is 8.44. The van der Waals surface area contributed by atoms with E-state index in [2.05, 4.69) is 20.3 Å². The van der Waals surface area contributed by atoms with Crippen molar-refractivity contribution in [3.63, 3.8) is 0 Å². The second-order valence-electron chi connectivity index (χ2n) is 7.55. The SMILES string of the molecule is CC(C)n1cnc2c1[C@@H](C(=O)NCc1cccnc1)N(C(=O)c1cccnc1)CC2. The van der Waals surface area contributed by atoms with Crippen LogP contribution in [0.15, 0.2) is 55.4 Å². The average Bonchev–Trinajstić information content (AvgIpc) is 3.22. The molecule has 0 spiro atoms. The van der Waals surface area contributed by atoms with E-state index in [-0.39, 0.29) is 17.9 Å². The Balaban J connectivity index is 1.68. The molecule has 0 aromatic carbocycles. The van der Waals surface area contributed by atoms with Gasteiger partial charge in [-0.3, -0.25) is 19.6 Å². The quantitative estimate of drug-likeness (QED) is 0.704. The van der Waals surface area contributed by atoms with E-state index in [0.29, 0.717) is 25.1 Å². The van der Waals surface area contributed by atoms with Crippen LogP contribution in [-0.2, 0) is 17.8 Å². The molecule has 0 saturated carbocycles. The summed E-state index contributed by atoms with van der Waals surface area (Å²) in [5.74, 6) is -0.453. The molecule has 4 rings (SSSR count). The summed E-state index contributed by atoms with van der Waals surface area (Å²) < 4.78 is 1.98. The molecule has 154 valence electrons. The smallest absolute Gasteiger partial charge is 0.256 e. The summed E-state index contributed by atoms with van der Waals surface area (Å²) in [6.45, 7) is 4.83. The Hall–Kier alpha value is -3.55. The molecule has 8 heteroatoms. The Morgan fingerprint density at radius 3 is 2.60 bits per heavy atom. The maximum atomic E-state index is 13.4. The van der Waals surface area contributed by atoms with Gasteiger partial charge in [-0.2, -0.15) is 0 Å². The van der Waals surface area contributed by atoms with Crippen LogP contribution in [-0.4, -0.2) is 42.8 Å². The van der Waals surface area contributed by atoms with Gasteiger partial charge in [0.25, 0.3) is 5.91 Å². The van der Waals surface area contributed by atoms with Crippen LogP contribution in [0.5, 0.6) is 0 Å². The number of fused-ring (bicyclic) bond motifs is 1. The maximum absolute atomic E-state index is 13.4. The van der Waals surface area contributed by atoms with Gasteiger partial charge in [-0.1, -0.05) is 6.07 Å². The molecule has 3 aromatic rings. The zero-order chi connectivity index (χ0) is 21.1. The van der Waals surface area contributed by atoms with Gasteiger partial charge in [-0.05, 0) is 37.6 Å². The molecule has 1 atom stereocenters. The van der Waals surface area contributed by atoms with E-state index in [1.54, 1.807) is 42.0 Å². The number of amides is 2. The molecule has 0 unspecified atom stereocenters. The average molecular weight is 404 g/mol. The lowest BCUT2D eigenvalue weighted by atomic mass is 9.99. The molecule has 4 heterocycles. The molecule has 0 fully saturated rings. The Kier molecular flexibility index (Phi) is 5.56. The Morgan fingerprint density at radius 2 is 1.93 bits per heavy atom. The number of nitrogens with one attached hydrogen (secondary N) is 1. The van der Waals surface area contributed by atoms with E-state index in [1.165, 1.54) is 6.20 Å². The molecule has 30 heavy (non-hydrogen) atoms. The third-order valence-corrected chi connectivity index (χ3v) is 5.24. The Bertz CT molecular complexity index is 1030. The third-order valence-electron chi connectivity index (χ3n) is 5.24. The van der Waals surface area contributed by atoms with Crippen molar-refractivity contribution in [2.24, 2.45) is 0 Å². The van der Waals surface area contributed by atoms with E-state index in [1.807, 2.05) is 30.5 Å². The van der Waals surface area contributed by atoms with Crippen LogP contribution in [0.3, 0.4) is 0 Å². The molecule has 0 bridgehead atoms. The molecule has 2 amide bonds. The molecule has 8 nitrogen and oxygen atoms in total. The minimum absolute atomic E-state index is 0.114. The van der Waals surface area contributed by atoms with Crippen molar-refractivity contribution >= 4 is 11.8 Å². The number of hydrogen-bond acceptors (Lipinski definition) is 5. The van der Waals surface area contributed by atoms with E-state index < -0.39 is 6.04 Å². The van der Waals surface area contributed by atoms with Gasteiger partial charge in [0.05, 0.1) is 23.3 Å². The number of nitrogens with zero attached hydrogens (tertiary/aromatic N) is 5. The van der Waals surface area contributed by atoms with E-state index in [0.717, 1.165) is 17.0 Å². The van der Waals surface area contributed by atoms with Crippen LogP contribution in [0.25, 0.3) is 0 Å². The monoisotopic (exact) mass is 404 g/mol. The first-order chi connectivity index (χ1) is 14.6. The van der Waals surface area contributed by atoms with Crippen molar-refractivity contribution in [1.29, 1.82) is 0 Å². The minimum atomic E-state index is -0.761. The number of imidazole rings is 1. The van der Waals surface area contributed by atoms with Crippen molar-refractivity contribution in [2.45, 2.75) is 38.9 Å². The first kappa shape index (κ1) is 19.8. The molecule has 1 aliphatic heterocycles. The molecule has 0 saturated heterocycles. The lowest BCUT2D eigenvalue weighted by Gasteiger charge is -2.36. The van der Waals surface area contributed by atoms with Crippen molar-refractivity contribution in [1.82, 2.24) is 29.7 Å². The predicted molar refractivity (Wildman–Crippen MR) is 110 cm³/mol. The number of pyridine rings is 2. The lowest BCUT2D eigenvalue weighted by molar-refractivity contribution is -0.126. The minimum Gasteiger partial charge on any atom is -0.350 e. The third kappa shape index (κ3) is 3.80. The van der Waals surface area contributed by atoms with Crippen LogP contribution in [0.4, 0.5) is 0 Å². The van der Waals surface area contributed by atoms with Crippen molar-refractivity contribution < 1.29 is 9.59 Å². The van der Waals surface area contributed by atoms with Crippen molar-refractivity contribution in [3.8, 4) is 0 Å². The second-order valence-corrected chi connectivity index (χ2v) is 7.55. The van der Waals surface area contributed by atoms with Crippen LogP contribution in [0, 0.1) is 0 Å². The van der Waals surface area contributed by atoms with Gasteiger partial charge in [0.1, 0.15) is 0 Å². The van der Waals surface area contributed by atoms with Gasteiger partial charge in [-0.25, -0.2) is 4.98 Å². The Morgan fingerprint density at radius 1 is 1.17 bits per heavy atom. The van der Waals surface area contributed by atoms with Crippen molar-refractivity contribution in [2.75, 3.05) is 6.54 Å². The fourth-order valence-corrected chi connectivity index (χ4v) is 3.74. The van der Waals surface area contributed by atoms with Gasteiger partial charge < -0.3 is 14.8 Å². The highest BCUT2D eigenvalue weighted by Crippen LogP contribution is 2.32. The summed E-state index contributed by atoms with van der Waals surface area (Å²) in [6, 6.07) is 6.52. The number of carbonyl (C=O) groups excluding carboxylic acids is 2. The zero-order valence-corrected chi connectivity index (χ0v) is 17.0. The number of rotatable bonds is 5. The van der Waals surface area contributed by atoms with Gasteiger partial charge in [0, 0.05) is 50.3 Å². The summed E-state index contributed by atoms with van der Waals surface area (Å²) >= 11 is 0. The molecule has 3 aromatic heterocycles. The number of carbonyl (C=O) groups is 2. The summed E-state index contributed by atoms with van der Waals surface area (Å²) in [5, 5.41) is 2.97. The summed E-state index contributed by atoms with van der Waals surface area (Å²) in [6.07, 6.45) is 8.92. The molecule has 1 aliphatic rings. The van der Waals surface area contributed by atoms with Crippen LogP contribution < -0.4 is 5.32 Å². The number of hydrogen-bond donors (Lipinski definition) is 1. The molecule has 0 radical (unpaired) electrons.